The lowest BCUT2D eigenvalue weighted by atomic mass is 10.2. The van der Waals surface area contributed by atoms with Gasteiger partial charge >= 0.3 is 6.09 Å². The summed E-state index contributed by atoms with van der Waals surface area (Å²) in [5.74, 6) is 1.01. The molecule has 0 bridgehead atoms. The minimum Gasteiger partial charge on any atom is -0.455 e. The van der Waals surface area contributed by atoms with Crippen LogP contribution in [-0.2, 0) is 9.53 Å². The maximum atomic E-state index is 12.6. The van der Waals surface area contributed by atoms with Gasteiger partial charge in [0.2, 0.25) is 5.91 Å². The number of ether oxygens (including phenoxy) is 2. The highest BCUT2D eigenvalue weighted by atomic mass is 35.5. The van der Waals surface area contributed by atoms with E-state index >= 15 is 0 Å². The Hall–Kier alpha value is -2.77. The molecule has 0 saturated carbocycles. The SMILES string of the molecule is CCOC(=O)N1CCN(CC(=O)Nc2cc(Cl)ccc2Oc2ccccc2)CC1. The van der Waals surface area contributed by atoms with Crippen molar-refractivity contribution in [1.82, 2.24) is 9.80 Å². The average Bonchev–Trinajstić information content (AvgIpc) is 2.71. The van der Waals surface area contributed by atoms with Crippen LogP contribution < -0.4 is 10.1 Å². The fourth-order valence-electron chi connectivity index (χ4n) is 3.00. The van der Waals surface area contributed by atoms with E-state index in [-0.39, 0.29) is 18.5 Å². The molecule has 0 unspecified atom stereocenters. The number of hydrogen-bond acceptors (Lipinski definition) is 5. The first kappa shape index (κ1) is 21.0. The molecular weight excluding hydrogens is 394 g/mol. The molecule has 1 saturated heterocycles. The fraction of sp³-hybridized carbons (Fsp3) is 0.333. The number of para-hydroxylation sites is 1. The van der Waals surface area contributed by atoms with Gasteiger partial charge in [-0.1, -0.05) is 29.8 Å². The lowest BCUT2D eigenvalue weighted by molar-refractivity contribution is -0.117. The molecule has 7 nitrogen and oxygen atoms in total. The monoisotopic (exact) mass is 417 g/mol. The summed E-state index contributed by atoms with van der Waals surface area (Å²) in [7, 11) is 0. The van der Waals surface area contributed by atoms with Crippen molar-refractivity contribution >= 4 is 29.3 Å². The number of carbonyl (C=O) groups excluding carboxylic acids is 2. The number of nitrogens with one attached hydrogen (secondary N) is 1. The number of rotatable bonds is 6. The summed E-state index contributed by atoms with van der Waals surface area (Å²) in [6.07, 6.45) is -0.307. The normalized spacial score (nSPS) is 14.3. The highest BCUT2D eigenvalue weighted by Crippen LogP contribution is 2.32. The van der Waals surface area contributed by atoms with Crippen molar-refractivity contribution in [2.75, 3.05) is 44.6 Å². The van der Waals surface area contributed by atoms with Gasteiger partial charge in [0.25, 0.3) is 0 Å². The Bertz CT molecular complexity index is 839. The lowest BCUT2D eigenvalue weighted by Crippen LogP contribution is -2.50. The Labute approximate surface area is 175 Å². The van der Waals surface area contributed by atoms with Gasteiger partial charge in [0.05, 0.1) is 18.8 Å². The minimum absolute atomic E-state index is 0.172. The second kappa shape index (κ2) is 10.1. The van der Waals surface area contributed by atoms with Crippen LogP contribution in [0.3, 0.4) is 0 Å². The number of benzene rings is 2. The van der Waals surface area contributed by atoms with E-state index in [2.05, 4.69) is 5.32 Å². The molecule has 0 radical (unpaired) electrons. The van der Waals surface area contributed by atoms with E-state index in [1.165, 1.54) is 0 Å². The van der Waals surface area contributed by atoms with Gasteiger partial charge in [-0.3, -0.25) is 9.69 Å². The summed E-state index contributed by atoms with van der Waals surface area (Å²) in [5.41, 5.74) is 0.511. The van der Waals surface area contributed by atoms with Gasteiger partial charge in [-0.25, -0.2) is 4.79 Å². The van der Waals surface area contributed by atoms with Crippen molar-refractivity contribution in [1.29, 1.82) is 0 Å². The van der Waals surface area contributed by atoms with E-state index in [1.807, 2.05) is 35.2 Å². The molecule has 2 amide bonds. The summed E-state index contributed by atoms with van der Waals surface area (Å²) in [5, 5.41) is 3.38. The molecule has 8 heteroatoms. The molecule has 0 atom stereocenters. The largest absolute Gasteiger partial charge is 0.455 e. The number of hydrogen-bond donors (Lipinski definition) is 1. The number of nitrogens with zero attached hydrogens (tertiary/aromatic N) is 2. The van der Waals surface area contributed by atoms with Gasteiger partial charge in [0.15, 0.2) is 5.75 Å². The third kappa shape index (κ3) is 6.10. The van der Waals surface area contributed by atoms with E-state index < -0.39 is 0 Å². The average molecular weight is 418 g/mol. The Morgan fingerprint density at radius 2 is 1.79 bits per heavy atom. The van der Waals surface area contributed by atoms with Gasteiger partial charge < -0.3 is 19.7 Å². The summed E-state index contributed by atoms with van der Waals surface area (Å²) in [6.45, 7) is 4.63. The topological polar surface area (TPSA) is 71.1 Å². The molecule has 1 heterocycles. The second-order valence-electron chi connectivity index (χ2n) is 6.57. The first-order valence-electron chi connectivity index (χ1n) is 9.51. The molecule has 2 aromatic rings. The van der Waals surface area contributed by atoms with Crippen molar-refractivity contribution < 1.29 is 19.1 Å². The fourth-order valence-corrected chi connectivity index (χ4v) is 3.17. The van der Waals surface area contributed by atoms with Crippen molar-refractivity contribution in [2.24, 2.45) is 0 Å². The first-order chi connectivity index (χ1) is 14.0. The number of halogens is 1. The molecule has 3 rings (SSSR count). The van der Waals surface area contributed by atoms with E-state index in [1.54, 1.807) is 30.0 Å². The van der Waals surface area contributed by atoms with Crippen molar-refractivity contribution in [2.45, 2.75) is 6.92 Å². The lowest BCUT2D eigenvalue weighted by Gasteiger charge is -2.33. The van der Waals surface area contributed by atoms with Crippen LogP contribution in [0.4, 0.5) is 10.5 Å². The van der Waals surface area contributed by atoms with E-state index in [0.717, 1.165) is 0 Å². The van der Waals surface area contributed by atoms with Crippen molar-refractivity contribution in [3.63, 3.8) is 0 Å². The summed E-state index contributed by atoms with van der Waals surface area (Å²) in [6, 6.07) is 14.4. The zero-order valence-corrected chi connectivity index (χ0v) is 17.0. The van der Waals surface area contributed by atoms with Gasteiger partial charge in [-0.05, 0) is 37.3 Å². The maximum absolute atomic E-state index is 12.6. The Morgan fingerprint density at radius 3 is 2.48 bits per heavy atom. The molecule has 2 aromatic carbocycles. The molecule has 29 heavy (non-hydrogen) atoms. The first-order valence-corrected chi connectivity index (χ1v) is 9.89. The number of piperazine rings is 1. The van der Waals surface area contributed by atoms with E-state index in [0.29, 0.717) is 55.0 Å². The van der Waals surface area contributed by atoms with Gasteiger partial charge in [0, 0.05) is 31.2 Å². The predicted octanol–water partition coefficient (Wildman–Crippen LogP) is 3.84. The molecule has 1 aliphatic heterocycles. The van der Waals surface area contributed by atoms with E-state index in [4.69, 9.17) is 21.1 Å². The van der Waals surface area contributed by atoms with Gasteiger partial charge in [0.1, 0.15) is 5.75 Å². The third-order valence-corrected chi connectivity index (χ3v) is 4.69. The van der Waals surface area contributed by atoms with Crippen molar-refractivity contribution in [3.8, 4) is 11.5 Å². The second-order valence-corrected chi connectivity index (χ2v) is 7.00. The van der Waals surface area contributed by atoms with Crippen LogP contribution in [0.25, 0.3) is 0 Å². The van der Waals surface area contributed by atoms with Crippen LogP contribution in [0.2, 0.25) is 5.02 Å². The molecule has 0 spiro atoms. The molecule has 0 aromatic heterocycles. The van der Waals surface area contributed by atoms with Crippen LogP contribution in [0.1, 0.15) is 6.92 Å². The van der Waals surface area contributed by atoms with E-state index in [9.17, 15) is 9.59 Å². The molecule has 1 fully saturated rings. The number of carbonyl (C=O) groups is 2. The summed E-state index contributed by atoms with van der Waals surface area (Å²) in [4.78, 5) is 28.0. The molecular formula is C21H24ClN3O4. The predicted molar refractivity (Wildman–Crippen MR) is 112 cm³/mol. The quantitative estimate of drug-likeness (QED) is 0.773. The van der Waals surface area contributed by atoms with Crippen LogP contribution in [0, 0.1) is 0 Å². The third-order valence-electron chi connectivity index (χ3n) is 4.45. The van der Waals surface area contributed by atoms with Gasteiger partial charge in [-0.2, -0.15) is 0 Å². The number of amides is 2. The molecule has 0 aliphatic carbocycles. The van der Waals surface area contributed by atoms with Crippen molar-refractivity contribution in [3.05, 3.63) is 53.6 Å². The molecule has 1 aliphatic rings. The van der Waals surface area contributed by atoms with Crippen LogP contribution in [0.5, 0.6) is 11.5 Å². The maximum Gasteiger partial charge on any atom is 0.409 e. The smallest absolute Gasteiger partial charge is 0.409 e. The highest BCUT2D eigenvalue weighted by molar-refractivity contribution is 6.31. The zero-order valence-electron chi connectivity index (χ0n) is 16.3. The highest BCUT2D eigenvalue weighted by Gasteiger charge is 2.23. The summed E-state index contributed by atoms with van der Waals surface area (Å²) >= 11 is 6.10. The van der Waals surface area contributed by atoms with Crippen LogP contribution >= 0.6 is 11.6 Å². The Morgan fingerprint density at radius 1 is 1.07 bits per heavy atom. The van der Waals surface area contributed by atoms with Crippen LogP contribution in [0.15, 0.2) is 48.5 Å². The minimum atomic E-state index is -0.307. The zero-order chi connectivity index (χ0) is 20.6. The summed E-state index contributed by atoms with van der Waals surface area (Å²) < 4.78 is 10.9. The molecule has 154 valence electrons. The van der Waals surface area contributed by atoms with Crippen LogP contribution in [-0.4, -0.2) is 61.1 Å². The molecule has 1 N–H and O–H groups in total. The standard InChI is InChI=1S/C21H24ClN3O4/c1-2-28-21(27)25-12-10-24(11-13-25)15-20(26)23-18-14-16(22)8-9-19(18)29-17-6-4-3-5-7-17/h3-9,14H,2,10-13,15H2,1H3,(H,23,26). The Kier molecular flexibility index (Phi) is 7.32. The van der Waals surface area contributed by atoms with Gasteiger partial charge in [-0.15, -0.1) is 0 Å². The number of anilines is 1. The Balaban J connectivity index is 1.57.